The summed E-state index contributed by atoms with van der Waals surface area (Å²) in [7, 11) is 0. The van der Waals surface area contributed by atoms with Gasteiger partial charge in [-0.3, -0.25) is 9.78 Å². The first-order valence-electron chi connectivity index (χ1n) is 6.83. The Labute approximate surface area is 112 Å². The Morgan fingerprint density at radius 3 is 3.11 bits per heavy atom. The minimum absolute atomic E-state index is 0.189. The fourth-order valence-electron chi connectivity index (χ4n) is 2.65. The van der Waals surface area contributed by atoms with E-state index in [0.29, 0.717) is 6.42 Å². The number of nitrogens with zero attached hydrogens (tertiary/aromatic N) is 1. The monoisotopic (exact) mass is 255 g/mol. The molecule has 1 fully saturated rings. The molecule has 1 aliphatic rings. The van der Waals surface area contributed by atoms with E-state index in [2.05, 4.69) is 4.98 Å². The minimum atomic E-state index is 0.189. The predicted octanol–water partition coefficient (Wildman–Crippen LogP) is 3.38. The van der Waals surface area contributed by atoms with E-state index >= 15 is 0 Å². The molecule has 1 aromatic heterocycles. The second-order valence-corrected chi connectivity index (χ2v) is 4.97. The molecule has 1 saturated heterocycles. The molecule has 1 aliphatic heterocycles. The van der Waals surface area contributed by atoms with Crippen LogP contribution in [-0.2, 0) is 4.74 Å². The van der Waals surface area contributed by atoms with E-state index in [1.165, 1.54) is 0 Å². The van der Waals surface area contributed by atoms with Gasteiger partial charge in [0.1, 0.15) is 0 Å². The SMILES string of the molecule is O=C(CCC1CCCO1)c1cccc2ncccc12. The molecule has 0 N–H and O–H groups in total. The number of rotatable bonds is 4. The van der Waals surface area contributed by atoms with E-state index in [0.717, 1.165) is 42.3 Å². The highest BCUT2D eigenvalue weighted by Crippen LogP contribution is 2.21. The molecule has 3 heteroatoms. The average Bonchev–Trinajstić information content (AvgIpc) is 2.97. The summed E-state index contributed by atoms with van der Waals surface area (Å²) in [6, 6.07) is 9.56. The molecule has 0 aliphatic carbocycles. The van der Waals surface area contributed by atoms with E-state index in [-0.39, 0.29) is 11.9 Å². The summed E-state index contributed by atoms with van der Waals surface area (Å²) in [5.41, 5.74) is 1.66. The van der Waals surface area contributed by atoms with Gasteiger partial charge in [-0.15, -0.1) is 0 Å². The first-order valence-corrected chi connectivity index (χ1v) is 6.83. The summed E-state index contributed by atoms with van der Waals surface area (Å²) in [5.74, 6) is 0.189. The van der Waals surface area contributed by atoms with Gasteiger partial charge in [-0.05, 0) is 31.4 Å². The number of ether oxygens (including phenoxy) is 1. The molecule has 1 unspecified atom stereocenters. The highest BCUT2D eigenvalue weighted by Gasteiger charge is 2.18. The molecule has 3 rings (SSSR count). The van der Waals surface area contributed by atoms with Gasteiger partial charge in [-0.2, -0.15) is 0 Å². The Morgan fingerprint density at radius 2 is 2.26 bits per heavy atom. The summed E-state index contributed by atoms with van der Waals surface area (Å²) in [4.78, 5) is 16.6. The zero-order chi connectivity index (χ0) is 13.1. The third-order valence-electron chi connectivity index (χ3n) is 3.66. The summed E-state index contributed by atoms with van der Waals surface area (Å²) in [5, 5.41) is 0.947. The van der Waals surface area contributed by atoms with Crippen molar-refractivity contribution >= 4 is 16.7 Å². The van der Waals surface area contributed by atoms with Crippen LogP contribution in [0.25, 0.3) is 10.9 Å². The van der Waals surface area contributed by atoms with Crippen molar-refractivity contribution in [3.63, 3.8) is 0 Å². The van der Waals surface area contributed by atoms with Crippen LogP contribution in [0.2, 0.25) is 0 Å². The van der Waals surface area contributed by atoms with Gasteiger partial charge in [0.05, 0.1) is 11.6 Å². The molecule has 0 amide bonds. The number of fused-ring (bicyclic) bond motifs is 1. The van der Waals surface area contributed by atoms with E-state index < -0.39 is 0 Å². The number of Topliss-reactive ketones (excluding diaryl/α,β-unsaturated/α-hetero) is 1. The van der Waals surface area contributed by atoms with Crippen molar-refractivity contribution < 1.29 is 9.53 Å². The maximum atomic E-state index is 12.3. The van der Waals surface area contributed by atoms with Crippen LogP contribution >= 0.6 is 0 Å². The van der Waals surface area contributed by atoms with Crippen molar-refractivity contribution in [1.82, 2.24) is 4.98 Å². The molecule has 0 bridgehead atoms. The van der Waals surface area contributed by atoms with Gasteiger partial charge in [0, 0.05) is 30.2 Å². The number of aromatic nitrogens is 1. The van der Waals surface area contributed by atoms with Crippen molar-refractivity contribution in [3.8, 4) is 0 Å². The summed E-state index contributed by atoms with van der Waals surface area (Å²) in [6.07, 6.45) is 5.62. The van der Waals surface area contributed by atoms with Gasteiger partial charge in [-0.1, -0.05) is 18.2 Å². The lowest BCUT2D eigenvalue weighted by atomic mass is 9.99. The van der Waals surface area contributed by atoms with Crippen LogP contribution in [0, 0.1) is 0 Å². The first-order chi connectivity index (χ1) is 9.34. The van der Waals surface area contributed by atoms with Crippen LogP contribution in [0.4, 0.5) is 0 Å². The van der Waals surface area contributed by atoms with Crippen molar-refractivity contribution in [2.24, 2.45) is 0 Å². The topological polar surface area (TPSA) is 39.2 Å². The second-order valence-electron chi connectivity index (χ2n) is 4.97. The van der Waals surface area contributed by atoms with Crippen LogP contribution in [0.5, 0.6) is 0 Å². The molecule has 2 heterocycles. The maximum absolute atomic E-state index is 12.3. The maximum Gasteiger partial charge on any atom is 0.163 e. The van der Waals surface area contributed by atoms with Crippen LogP contribution in [0.1, 0.15) is 36.0 Å². The summed E-state index contributed by atoms with van der Waals surface area (Å²) in [6.45, 7) is 0.844. The largest absolute Gasteiger partial charge is 0.378 e. The lowest BCUT2D eigenvalue weighted by molar-refractivity contribution is 0.0860. The molecular weight excluding hydrogens is 238 g/mol. The number of hydrogen-bond donors (Lipinski definition) is 0. The molecule has 1 atom stereocenters. The van der Waals surface area contributed by atoms with Gasteiger partial charge in [0.15, 0.2) is 5.78 Å². The van der Waals surface area contributed by atoms with Gasteiger partial charge < -0.3 is 4.74 Å². The van der Waals surface area contributed by atoms with Gasteiger partial charge >= 0.3 is 0 Å². The number of benzene rings is 1. The molecule has 0 radical (unpaired) electrons. The van der Waals surface area contributed by atoms with E-state index in [1.54, 1.807) is 6.20 Å². The third-order valence-corrected chi connectivity index (χ3v) is 3.66. The van der Waals surface area contributed by atoms with Crippen LogP contribution in [0.3, 0.4) is 0 Å². The number of pyridine rings is 1. The molecule has 1 aromatic carbocycles. The zero-order valence-corrected chi connectivity index (χ0v) is 10.8. The third kappa shape index (κ3) is 2.66. The van der Waals surface area contributed by atoms with Gasteiger partial charge in [0.25, 0.3) is 0 Å². The highest BCUT2D eigenvalue weighted by atomic mass is 16.5. The highest BCUT2D eigenvalue weighted by molar-refractivity contribution is 6.07. The van der Waals surface area contributed by atoms with Crippen molar-refractivity contribution in [2.45, 2.75) is 31.8 Å². The molecular formula is C16H17NO2. The molecule has 3 nitrogen and oxygen atoms in total. The Balaban J connectivity index is 1.77. The lowest BCUT2D eigenvalue weighted by Crippen LogP contribution is -2.09. The average molecular weight is 255 g/mol. The van der Waals surface area contributed by atoms with E-state index in [4.69, 9.17) is 4.74 Å². The molecule has 2 aromatic rings. The van der Waals surface area contributed by atoms with Crippen LogP contribution in [-0.4, -0.2) is 23.5 Å². The number of carbonyl (C=O) groups is 1. The van der Waals surface area contributed by atoms with Crippen molar-refractivity contribution in [1.29, 1.82) is 0 Å². The standard InChI is InChI=1S/C16H17NO2/c18-16(9-8-12-4-3-11-19-12)14-5-1-7-15-13(14)6-2-10-17-15/h1-2,5-7,10,12H,3-4,8-9,11H2. The Morgan fingerprint density at radius 1 is 1.32 bits per heavy atom. The Kier molecular flexibility index (Phi) is 3.56. The zero-order valence-electron chi connectivity index (χ0n) is 10.8. The fourth-order valence-corrected chi connectivity index (χ4v) is 2.65. The lowest BCUT2D eigenvalue weighted by Gasteiger charge is -2.09. The predicted molar refractivity (Wildman–Crippen MR) is 74.3 cm³/mol. The number of hydrogen-bond acceptors (Lipinski definition) is 3. The number of carbonyl (C=O) groups excluding carboxylic acids is 1. The first kappa shape index (κ1) is 12.3. The van der Waals surface area contributed by atoms with Crippen molar-refractivity contribution in [2.75, 3.05) is 6.61 Å². The molecule has 19 heavy (non-hydrogen) atoms. The van der Waals surface area contributed by atoms with Crippen molar-refractivity contribution in [3.05, 3.63) is 42.1 Å². The normalized spacial score (nSPS) is 18.8. The van der Waals surface area contributed by atoms with Crippen LogP contribution in [0.15, 0.2) is 36.5 Å². The molecule has 0 spiro atoms. The Hall–Kier alpha value is -1.74. The minimum Gasteiger partial charge on any atom is -0.378 e. The number of ketones is 1. The summed E-state index contributed by atoms with van der Waals surface area (Å²) < 4.78 is 5.56. The summed E-state index contributed by atoms with van der Waals surface area (Å²) >= 11 is 0. The quantitative estimate of drug-likeness (QED) is 0.786. The molecule has 98 valence electrons. The van der Waals surface area contributed by atoms with Gasteiger partial charge in [0.2, 0.25) is 0 Å². The van der Waals surface area contributed by atoms with Crippen LogP contribution < -0.4 is 0 Å². The fraction of sp³-hybridized carbons (Fsp3) is 0.375. The second kappa shape index (κ2) is 5.49. The smallest absolute Gasteiger partial charge is 0.163 e. The van der Waals surface area contributed by atoms with E-state index in [1.807, 2.05) is 30.3 Å². The van der Waals surface area contributed by atoms with Gasteiger partial charge in [-0.25, -0.2) is 0 Å². The van der Waals surface area contributed by atoms with E-state index in [9.17, 15) is 4.79 Å². The molecule has 0 saturated carbocycles. The Bertz CT molecular complexity index is 583.